The molecule has 1 aromatic heterocycles. The second-order valence-corrected chi connectivity index (χ2v) is 8.98. The average Bonchev–Trinajstić information content (AvgIpc) is 3.14. The number of nitrogens with one attached hydrogen (secondary N) is 2. The van der Waals surface area contributed by atoms with Gasteiger partial charge in [-0.05, 0) is 57.0 Å². The summed E-state index contributed by atoms with van der Waals surface area (Å²) in [6, 6.07) is 13.5. The fourth-order valence-corrected chi connectivity index (χ4v) is 5.04. The zero-order valence-electron chi connectivity index (χ0n) is 17.3. The fourth-order valence-electron chi connectivity index (χ4n) is 3.94. The van der Waals surface area contributed by atoms with Crippen LogP contribution in [0.3, 0.4) is 0 Å². The van der Waals surface area contributed by atoms with Crippen molar-refractivity contribution in [2.24, 2.45) is 0 Å². The van der Waals surface area contributed by atoms with E-state index in [0.29, 0.717) is 11.6 Å². The van der Waals surface area contributed by atoms with Gasteiger partial charge in [0.05, 0.1) is 21.8 Å². The molecular weight excluding hydrogens is 396 g/mol. The highest BCUT2D eigenvalue weighted by Crippen LogP contribution is 2.32. The van der Waals surface area contributed by atoms with Gasteiger partial charge in [0.25, 0.3) is 0 Å². The predicted octanol–water partition coefficient (Wildman–Crippen LogP) is 4.44. The van der Waals surface area contributed by atoms with E-state index in [1.165, 1.54) is 4.70 Å². The van der Waals surface area contributed by atoms with Gasteiger partial charge in [0, 0.05) is 18.2 Å². The maximum Gasteiger partial charge on any atom is 0.325 e. The van der Waals surface area contributed by atoms with E-state index >= 15 is 0 Å². The Labute approximate surface area is 180 Å². The van der Waals surface area contributed by atoms with Crippen LogP contribution in [-0.2, 0) is 4.79 Å². The molecule has 3 aromatic rings. The average molecular weight is 423 g/mol. The Kier molecular flexibility index (Phi) is 6.11. The van der Waals surface area contributed by atoms with Crippen molar-refractivity contribution in [2.45, 2.75) is 32.6 Å². The lowest BCUT2D eigenvalue weighted by Crippen LogP contribution is -2.44. The largest absolute Gasteiger partial charge is 0.325 e. The van der Waals surface area contributed by atoms with Crippen LogP contribution in [0.2, 0.25) is 0 Å². The van der Waals surface area contributed by atoms with Gasteiger partial charge in [-0.2, -0.15) is 0 Å². The lowest BCUT2D eigenvalue weighted by molar-refractivity contribution is -0.121. The van der Waals surface area contributed by atoms with E-state index < -0.39 is 6.03 Å². The Hall–Kier alpha value is -2.77. The first-order chi connectivity index (χ1) is 14.5. The minimum atomic E-state index is -0.494. The molecule has 2 N–H and O–H groups in total. The molecule has 1 aliphatic rings. The molecule has 1 aliphatic heterocycles. The Morgan fingerprint density at radius 1 is 1.20 bits per heavy atom. The zero-order valence-corrected chi connectivity index (χ0v) is 18.1. The molecule has 0 saturated carbocycles. The summed E-state index contributed by atoms with van der Waals surface area (Å²) in [5.74, 6) is 0.0372. The number of aromatic nitrogens is 1. The summed E-state index contributed by atoms with van der Waals surface area (Å²) in [6.07, 6.45) is 2.09. The number of carbonyl (C=O) groups excluding carboxylic acids is 2. The summed E-state index contributed by atoms with van der Waals surface area (Å²) in [4.78, 5) is 31.5. The van der Waals surface area contributed by atoms with E-state index in [9.17, 15) is 9.59 Å². The van der Waals surface area contributed by atoms with Gasteiger partial charge in [-0.25, -0.2) is 9.78 Å². The molecule has 1 atom stereocenters. The monoisotopic (exact) mass is 422 g/mol. The second kappa shape index (κ2) is 8.93. The number of piperidine rings is 1. The molecule has 2 heterocycles. The van der Waals surface area contributed by atoms with Gasteiger partial charge < -0.3 is 5.32 Å². The van der Waals surface area contributed by atoms with Gasteiger partial charge in [-0.1, -0.05) is 29.8 Å². The normalized spacial score (nSPS) is 17.1. The number of aryl methyl sites for hydroxylation is 2. The molecule has 0 radical (unpaired) electrons. The van der Waals surface area contributed by atoms with Crippen LogP contribution in [0.4, 0.5) is 10.5 Å². The van der Waals surface area contributed by atoms with Crippen molar-refractivity contribution in [3.05, 3.63) is 58.6 Å². The number of fused-ring (bicyclic) bond motifs is 1. The molecule has 0 aliphatic carbocycles. The molecule has 156 valence electrons. The molecule has 30 heavy (non-hydrogen) atoms. The molecule has 7 heteroatoms. The highest BCUT2D eigenvalue weighted by molar-refractivity contribution is 7.18. The van der Waals surface area contributed by atoms with Crippen molar-refractivity contribution in [3.8, 4) is 0 Å². The third-order valence-electron chi connectivity index (χ3n) is 5.42. The smallest absolute Gasteiger partial charge is 0.307 e. The first-order valence-corrected chi connectivity index (χ1v) is 11.1. The van der Waals surface area contributed by atoms with E-state index in [2.05, 4.69) is 21.6 Å². The van der Waals surface area contributed by atoms with Crippen molar-refractivity contribution in [1.82, 2.24) is 15.2 Å². The molecule has 0 spiro atoms. The van der Waals surface area contributed by atoms with Crippen LogP contribution in [-0.4, -0.2) is 41.5 Å². The number of rotatable bonds is 4. The predicted molar refractivity (Wildman–Crippen MR) is 121 cm³/mol. The summed E-state index contributed by atoms with van der Waals surface area (Å²) in [5.41, 5.74) is 3.84. The van der Waals surface area contributed by atoms with E-state index in [-0.39, 0.29) is 12.5 Å². The number of likely N-dealkylation sites (tertiary alicyclic amines) is 1. The lowest BCUT2D eigenvalue weighted by atomic mass is 9.99. The van der Waals surface area contributed by atoms with Gasteiger partial charge >= 0.3 is 6.03 Å². The number of hydrogen-bond acceptors (Lipinski definition) is 5. The number of para-hydroxylation sites is 1. The number of nitrogens with zero attached hydrogens (tertiary/aromatic N) is 2. The van der Waals surface area contributed by atoms with Crippen molar-refractivity contribution >= 4 is 39.2 Å². The third-order valence-corrected chi connectivity index (χ3v) is 6.61. The van der Waals surface area contributed by atoms with Gasteiger partial charge in [-0.3, -0.25) is 15.0 Å². The van der Waals surface area contributed by atoms with Crippen molar-refractivity contribution in [3.63, 3.8) is 0 Å². The molecule has 0 unspecified atom stereocenters. The molecule has 1 saturated heterocycles. The van der Waals surface area contributed by atoms with Crippen LogP contribution >= 0.6 is 11.3 Å². The lowest BCUT2D eigenvalue weighted by Gasteiger charge is -2.31. The van der Waals surface area contributed by atoms with Crippen LogP contribution in [0.5, 0.6) is 0 Å². The Bertz CT molecular complexity index is 1050. The Morgan fingerprint density at radius 3 is 2.83 bits per heavy atom. The SMILES string of the molecule is Cc1ccc(NC(=O)NC(=O)CN2CCC[C@@H](c3nc4ccccc4s3)C2)c(C)c1. The first-order valence-electron chi connectivity index (χ1n) is 10.2. The van der Waals surface area contributed by atoms with Crippen molar-refractivity contribution < 1.29 is 9.59 Å². The first kappa shape index (κ1) is 20.5. The highest BCUT2D eigenvalue weighted by Gasteiger charge is 2.25. The molecule has 1 fully saturated rings. The van der Waals surface area contributed by atoms with Crippen LogP contribution in [0.15, 0.2) is 42.5 Å². The van der Waals surface area contributed by atoms with Crippen LogP contribution in [0, 0.1) is 13.8 Å². The van der Waals surface area contributed by atoms with Crippen molar-refractivity contribution in [2.75, 3.05) is 25.0 Å². The van der Waals surface area contributed by atoms with E-state index in [1.54, 1.807) is 11.3 Å². The van der Waals surface area contributed by atoms with E-state index in [4.69, 9.17) is 4.98 Å². The zero-order chi connectivity index (χ0) is 21.1. The standard InChI is InChI=1S/C23H26N4O2S/c1-15-9-10-18(16(2)12-15)25-23(29)26-21(28)14-27-11-5-6-17(13-27)22-24-19-7-3-4-8-20(19)30-22/h3-4,7-10,12,17H,5-6,11,13-14H2,1-2H3,(H2,25,26,28,29)/t17-/m1/s1. The molecule has 3 amide bonds. The van der Waals surface area contributed by atoms with Gasteiger partial charge in [0.1, 0.15) is 0 Å². The third kappa shape index (κ3) is 4.86. The van der Waals surface area contributed by atoms with Gasteiger partial charge in [0.15, 0.2) is 0 Å². The van der Waals surface area contributed by atoms with Crippen LogP contribution < -0.4 is 10.6 Å². The summed E-state index contributed by atoms with van der Waals surface area (Å²) >= 11 is 1.74. The Morgan fingerprint density at radius 2 is 2.03 bits per heavy atom. The minimum absolute atomic E-state index is 0.210. The molecule has 0 bridgehead atoms. The summed E-state index contributed by atoms with van der Waals surface area (Å²) in [7, 11) is 0. The quantitative estimate of drug-likeness (QED) is 0.652. The second-order valence-electron chi connectivity index (χ2n) is 7.91. The fraction of sp³-hybridized carbons (Fsp3) is 0.348. The summed E-state index contributed by atoms with van der Waals surface area (Å²) in [5, 5.41) is 6.34. The molecule has 4 rings (SSSR count). The number of imide groups is 1. The molecule has 2 aromatic carbocycles. The number of amides is 3. The number of hydrogen-bond donors (Lipinski definition) is 2. The maximum atomic E-state index is 12.4. The Balaban J connectivity index is 1.32. The molecule has 6 nitrogen and oxygen atoms in total. The number of urea groups is 1. The van der Waals surface area contributed by atoms with Gasteiger partial charge in [-0.15, -0.1) is 11.3 Å². The summed E-state index contributed by atoms with van der Waals surface area (Å²) in [6.45, 7) is 5.78. The number of thiazole rings is 1. The summed E-state index contributed by atoms with van der Waals surface area (Å²) < 4.78 is 1.20. The minimum Gasteiger partial charge on any atom is -0.307 e. The van der Waals surface area contributed by atoms with Crippen LogP contribution in [0.1, 0.15) is 34.9 Å². The van der Waals surface area contributed by atoms with E-state index in [0.717, 1.165) is 47.6 Å². The number of carbonyl (C=O) groups is 2. The number of benzene rings is 2. The van der Waals surface area contributed by atoms with Gasteiger partial charge in [0.2, 0.25) is 5.91 Å². The maximum absolute atomic E-state index is 12.4. The topological polar surface area (TPSA) is 74.3 Å². The van der Waals surface area contributed by atoms with Crippen molar-refractivity contribution in [1.29, 1.82) is 0 Å². The number of anilines is 1. The van der Waals surface area contributed by atoms with E-state index in [1.807, 2.05) is 50.2 Å². The highest BCUT2D eigenvalue weighted by atomic mass is 32.1. The van der Waals surface area contributed by atoms with Crippen LogP contribution in [0.25, 0.3) is 10.2 Å². The molecular formula is C23H26N4O2S.